The van der Waals surface area contributed by atoms with Gasteiger partial charge in [0.15, 0.2) is 0 Å². The highest BCUT2D eigenvalue weighted by atomic mass is 32.1. The van der Waals surface area contributed by atoms with E-state index >= 15 is 0 Å². The van der Waals surface area contributed by atoms with Gasteiger partial charge < -0.3 is 4.98 Å². The highest BCUT2D eigenvalue weighted by molar-refractivity contribution is 7.26. The van der Waals surface area contributed by atoms with Gasteiger partial charge in [0.1, 0.15) is 0 Å². The summed E-state index contributed by atoms with van der Waals surface area (Å²) in [6.07, 6.45) is 0. The Kier molecular flexibility index (Phi) is 2.57. The van der Waals surface area contributed by atoms with Gasteiger partial charge in [-0.2, -0.15) is 0 Å². The van der Waals surface area contributed by atoms with E-state index in [1.54, 1.807) is 0 Å². The van der Waals surface area contributed by atoms with Gasteiger partial charge in [-0.25, -0.2) is 0 Å². The van der Waals surface area contributed by atoms with E-state index in [2.05, 4.69) is 77.8 Å². The third-order valence-electron chi connectivity index (χ3n) is 5.59. The number of nitrogens with one attached hydrogen (secondary N) is 1. The molecular formula is C24H13NS2. The highest BCUT2D eigenvalue weighted by Crippen LogP contribution is 2.41. The summed E-state index contributed by atoms with van der Waals surface area (Å²) >= 11 is 3.77. The van der Waals surface area contributed by atoms with Gasteiger partial charge in [-0.05, 0) is 36.4 Å². The molecule has 0 radical (unpaired) electrons. The van der Waals surface area contributed by atoms with Crippen LogP contribution < -0.4 is 0 Å². The second-order valence-electron chi connectivity index (χ2n) is 7.11. The van der Waals surface area contributed by atoms with Gasteiger partial charge in [0.25, 0.3) is 0 Å². The van der Waals surface area contributed by atoms with Gasteiger partial charge >= 0.3 is 0 Å². The summed E-state index contributed by atoms with van der Waals surface area (Å²) in [5.74, 6) is 0. The third-order valence-corrected chi connectivity index (χ3v) is 7.86. The summed E-state index contributed by atoms with van der Waals surface area (Å²) in [7, 11) is 0. The number of aromatic amines is 1. The van der Waals surface area contributed by atoms with E-state index in [-0.39, 0.29) is 0 Å². The van der Waals surface area contributed by atoms with Crippen molar-refractivity contribution in [2.45, 2.75) is 0 Å². The van der Waals surface area contributed by atoms with Crippen molar-refractivity contribution in [1.82, 2.24) is 4.98 Å². The molecule has 0 unspecified atom stereocenters. The predicted molar refractivity (Wildman–Crippen MR) is 122 cm³/mol. The molecule has 0 aliphatic rings. The van der Waals surface area contributed by atoms with Gasteiger partial charge in [0, 0.05) is 62.2 Å². The Morgan fingerprint density at radius 1 is 0.444 bits per heavy atom. The summed E-state index contributed by atoms with van der Waals surface area (Å²) in [6, 6.07) is 26.8. The molecule has 3 heteroatoms. The topological polar surface area (TPSA) is 15.8 Å². The zero-order valence-corrected chi connectivity index (χ0v) is 15.9. The van der Waals surface area contributed by atoms with E-state index in [1.807, 2.05) is 22.7 Å². The Balaban J connectivity index is 1.64. The van der Waals surface area contributed by atoms with E-state index < -0.39 is 0 Å². The van der Waals surface area contributed by atoms with Gasteiger partial charge in [0.2, 0.25) is 0 Å². The predicted octanol–water partition coefficient (Wildman–Crippen LogP) is 8.06. The van der Waals surface area contributed by atoms with Gasteiger partial charge in [-0.15, -0.1) is 22.7 Å². The summed E-state index contributed by atoms with van der Waals surface area (Å²) < 4.78 is 5.44. The van der Waals surface area contributed by atoms with Crippen molar-refractivity contribution in [3.63, 3.8) is 0 Å². The summed E-state index contributed by atoms with van der Waals surface area (Å²) in [5.41, 5.74) is 2.45. The second-order valence-corrected chi connectivity index (χ2v) is 9.28. The molecule has 0 atom stereocenters. The Morgan fingerprint density at radius 2 is 0.926 bits per heavy atom. The third kappa shape index (κ3) is 1.83. The fourth-order valence-corrected chi connectivity index (χ4v) is 6.59. The minimum atomic E-state index is 1.23. The van der Waals surface area contributed by atoms with Crippen molar-refractivity contribution < 1.29 is 0 Å². The standard InChI is InChI=1S/C24H13NS2/c1-3-7-21-13(5-1)17-9-19-15(11-23(17)26-21)16-12-24-18(10-20(16)25-19)14-6-2-4-8-22(14)27-24/h1-12,25H. The second kappa shape index (κ2) is 4.89. The molecule has 0 spiro atoms. The first-order chi connectivity index (χ1) is 13.3. The van der Waals surface area contributed by atoms with Gasteiger partial charge in [-0.3, -0.25) is 0 Å². The van der Waals surface area contributed by atoms with Crippen LogP contribution in [0, 0.1) is 0 Å². The number of hydrogen-bond donors (Lipinski definition) is 1. The van der Waals surface area contributed by atoms with Crippen molar-refractivity contribution in [3.8, 4) is 0 Å². The Labute approximate surface area is 162 Å². The normalized spacial score (nSPS) is 12.4. The molecule has 3 heterocycles. The maximum atomic E-state index is 3.68. The average Bonchev–Trinajstić information content (AvgIpc) is 3.35. The van der Waals surface area contributed by atoms with Crippen LogP contribution in [0.4, 0.5) is 0 Å². The molecule has 4 aromatic carbocycles. The molecule has 0 aliphatic carbocycles. The number of H-pyrrole nitrogens is 1. The first kappa shape index (κ1) is 14.2. The van der Waals surface area contributed by atoms with Crippen LogP contribution in [0.1, 0.15) is 0 Å². The Bertz CT molecular complexity index is 1550. The van der Waals surface area contributed by atoms with Crippen LogP contribution in [-0.4, -0.2) is 4.98 Å². The van der Waals surface area contributed by atoms with Crippen LogP contribution in [0.5, 0.6) is 0 Å². The van der Waals surface area contributed by atoms with Crippen molar-refractivity contribution in [3.05, 3.63) is 72.8 Å². The molecule has 1 N–H and O–H groups in total. The molecular weight excluding hydrogens is 366 g/mol. The van der Waals surface area contributed by atoms with E-state index in [9.17, 15) is 0 Å². The molecule has 126 valence electrons. The SMILES string of the molecule is c1ccc2c(c1)sc1cc3c(cc12)[nH]c1cc2c(cc13)sc1ccccc12. The molecule has 0 amide bonds. The first-order valence-electron chi connectivity index (χ1n) is 9.03. The molecule has 1 nitrogen and oxygen atoms in total. The van der Waals surface area contributed by atoms with Crippen molar-refractivity contribution in [2.75, 3.05) is 0 Å². The first-order valence-corrected chi connectivity index (χ1v) is 10.7. The smallest absolute Gasteiger partial charge is 0.0472 e. The lowest BCUT2D eigenvalue weighted by Crippen LogP contribution is -1.69. The van der Waals surface area contributed by atoms with Crippen molar-refractivity contribution in [1.29, 1.82) is 0 Å². The molecule has 0 saturated heterocycles. The molecule has 3 aromatic heterocycles. The number of aromatic nitrogens is 1. The highest BCUT2D eigenvalue weighted by Gasteiger charge is 2.12. The number of fused-ring (bicyclic) bond motifs is 9. The number of benzene rings is 4. The Morgan fingerprint density at radius 3 is 1.44 bits per heavy atom. The van der Waals surface area contributed by atoms with Crippen molar-refractivity contribution >= 4 is 84.8 Å². The zero-order chi connectivity index (χ0) is 17.5. The van der Waals surface area contributed by atoms with E-state index in [0.717, 1.165) is 0 Å². The zero-order valence-electron chi connectivity index (χ0n) is 14.2. The van der Waals surface area contributed by atoms with Crippen LogP contribution in [0.2, 0.25) is 0 Å². The average molecular weight is 380 g/mol. The maximum Gasteiger partial charge on any atom is 0.0472 e. The number of rotatable bonds is 0. The minimum absolute atomic E-state index is 1.23. The van der Waals surface area contributed by atoms with Crippen LogP contribution in [0.3, 0.4) is 0 Å². The van der Waals surface area contributed by atoms with E-state index in [4.69, 9.17) is 0 Å². The van der Waals surface area contributed by atoms with Gasteiger partial charge in [-0.1, -0.05) is 36.4 Å². The molecule has 0 saturated carbocycles. The molecule has 0 bridgehead atoms. The minimum Gasteiger partial charge on any atom is -0.354 e. The lowest BCUT2D eigenvalue weighted by molar-refractivity contribution is 1.57. The van der Waals surface area contributed by atoms with Crippen LogP contribution in [0.15, 0.2) is 72.8 Å². The Hall–Kier alpha value is -2.88. The lowest BCUT2D eigenvalue weighted by atomic mass is 10.1. The van der Waals surface area contributed by atoms with Crippen LogP contribution in [-0.2, 0) is 0 Å². The van der Waals surface area contributed by atoms with Gasteiger partial charge in [0.05, 0.1) is 0 Å². The largest absolute Gasteiger partial charge is 0.354 e. The lowest BCUT2D eigenvalue weighted by Gasteiger charge is -1.95. The van der Waals surface area contributed by atoms with Crippen molar-refractivity contribution in [2.24, 2.45) is 0 Å². The van der Waals surface area contributed by atoms with Crippen LogP contribution in [0.25, 0.3) is 62.2 Å². The number of thiophene rings is 2. The van der Waals surface area contributed by atoms with E-state index in [1.165, 1.54) is 62.2 Å². The maximum absolute atomic E-state index is 3.68. The molecule has 0 aliphatic heterocycles. The summed E-state index contributed by atoms with van der Waals surface area (Å²) in [4.78, 5) is 3.68. The monoisotopic (exact) mass is 379 g/mol. The summed E-state index contributed by atoms with van der Waals surface area (Å²) in [5, 5.41) is 8.05. The fraction of sp³-hybridized carbons (Fsp3) is 0. The molecule has 27 heavy (non-hydrogen) atoms. The van der Waals surface area contributed by atoms with Crippen LogP contribution >= 0.6 is 22.7 Å². The molecule has 7 aromatic rings. The molecule has 7 rings (SSSR count). The molecule has 0 fully saturated rings. The quantitative estimate of drug-likeness (QED) is 0.274. The summed E-state index contributed by atoms with van der Waals surface area (Å²) in [6.45, 7) is 0. The fourth-order valence-electron chi connectivity index (χ4n) is 4.34. The van der Waals surface area contributed by atoms with E-state index in [0.29, 0.717) is 0 Å². The number of hydrogen-bond acceptors (Lipinski definition) is 2.